The lowest BCUT2D eigenvalue weighted by molar-refractivity contribution is -0.384. The fourth-order valence-corrected chi connectivity index (χ4v) is 3.49. The van der Waals surface area contributed by atoms with Gasteiger partial charge in [0.1, 0.15) is 0 Å². The van der Waals surface area contributed by atoms with Crippen molar-refractivity contribution < 1.29 is 9.72 Å². The Morgan fingerprint density at radius 1 is 1.27 bits per heavy atom. The molecule has 26 heavy (non-hydrogen) atoms. The molecule has 1 aliphatic rings. The second-order valence-electron chi connectivity index (χ2n) is 6.77. The van der Waals surface area contributed by atoms with Gasteiger partial charge in [0.2, 0.25) is 5.91 Å². The van der Waals surface area contributed by atoms with E-state index in [2.05, 4.69) is 36.1 Å². The molecular weight excluding hydrogens is 330 g/mol. The minimum absolute atomic E-state index is 0.0154. The lowest BCUT2D eigenvalue weighted by atomic mass is 10.0. The number of likely N-dealkylation sites (N-methyl/N-ethyl adjacent to an activating group) is 1. The number of aryl methyl sites for hydroxylation is 1. The summed E-state index contributed by atoms with van der Waals surface area (Å²) < 4.78 is 0. The summed E-state index contributed by atoms with van der Waals surface area (Å²) in [5.41, 5.74) is 3.16. The van der Waals surface area contributed by atoms with Gasteiger partial charge < -0.3 is 4.90 Å². The Balaban J connectivity index is 1.69. The Hall–Kier alpha value is -2.73. The summed E-state index contributed by atoms with van der Waals surface area (Å²) in [4.78, 5) is 26.8. The number of likely N-dealkylation sites (tertiary alicyclic amines) is 1. The second kappa shape index (κ2) is 7.66. The van der Waals surface area contributed by atoms with Crippen LogP contribution in [0.15, 0.2) is 48.5 Å². The van der Waals surface area contributed by atoms with Gasteiger partial charge >= 0.3 is 0 Å². The third-order valence-electron chi connectivity index (χ3n) is 4.95. The van der Waals surface area contributed by atoms with E-state index >= 15 is 0 Å². The largest absolute Gasteiger partial charge is 0.314 e. The van der Waals surface area contributed by atoms with Crippen LogP contribution in [-0.4, -0.2) is 35.9 Å². The Morgan fingerprint density at radius 3 is 2.65 bits per heavy atom. The van der Waals surface area contributed by atoms with Crippen LogP contribution in [0, 0.1) is 17.0 Å². The van der Waals surface area contributed by atoms with E-state index < -0.39 is 4.92 Å². The first kappa shape index (κ1) is 18.1. The van der Waals surface area contributed by atoms with Crippen molar-refractivity contribution in [3.63, 3.8) is 0 Å². The lowest BCUT2D eigenvalue weighted by Crippen LogP contribution is -2.38. The summed E-state index contributed by atoms with van der Waals surface area (Å²) in [7, 11) is 1.71. The topological polar surface area (TPSA) is 66.7 Å². The van der Waals surface area contributed by atoms with Gasteiger partial charge in [-0.25, -0.2) is 0 Å². The zero-order valence-electron chi connectivity index (χ0n) is 15.1. The normalized spacial score (nSPS) is 17.2. The maximum absolute atomic E-state index is 12.7. The molecule has 0 aromatic heterocycles. The summed E-state index contributed by atoms with van der Waals surface area (Å²) in [5.74, 6) is -0.0154. The zero-order valence-corrected chi connectivity index (χ0v) is 15.1. The maximum atomic E-state index is 12.7. The fraction of sp³-hybridized carbons (Fsp3) is 0.350. The molecule has 2 aromatic rings. The van der Waals surface area contributed by atoms with Crippen molar-refractivity contribution in [1.29, 1.82) is 0 Å². The molecule has 0 unspecified atom stereocenters. The molecule has 0 aliphatic carbocycles. The van der Waals surface area contributed by atoms with Crippen molar-refractivity contribution >= 4 is 17.3 Å². The molecule has 1 atom stereocenters. The highest BCUT2D eigenvalue weighted by Gasteiger charge is 2.28. The molecule has 0 saturated carbocycles. The van der Waals surface area contributed by atoms with Gasteiger partial charge in [-0.1, -0.05) is 29.8 Å². The zero-order chi connectivity index (χ0) is 18.7. The summed E-state index contributed by atoms with van der Waals surface area (Å²) >= 11 is 0. The molecule has 2 aromatic carbocycles. The van der Waals surface area contributed by atoms with Crippen LogP contribution >= 0.6 is 0 Å². The predicted molar refractivity (Wildman–Crippen MR) is 101 cm³/mol. The van der Waals surface area contributed by atoms with Gasteiger partial charge in [-0.3, -0.25) is 19.8 Å². The summed E-state index contributed by atoms with van der Waals surface area (Å²) in [6, 6.07) is 14.8. The molecule has 136 valence electrons. The van der Waals surface area contributed by atoms with E-state index in [1.165, 1.54) is 23.3 Å². The summed E-state index contributed by atoms with van der Waals surface area (Å²) in [6.07, 6.45) is 2.13. The first-order chi connectivity index (χ1) is 12.5. The number of benzene rings is 2. The number of amides is 1. The molecule has 6 heteroatoms. The summed E-state index contributed by atoms with van der Waals surface area (Å²) in [5, 5.41) is 10.8. The number of carbonyl (C=O) groups excluding carboxylic acids is 1. The molecule has 0 spiro atoms. The first-order valence-corrected chi connectivity index (χ1v) is 8.77. The Labute approximate surface area is 153 Å². The molecule has 1 saturated heterocycles. The Kier molecular flexibility index (Phi) is 5.32. The minimum Gasteiger partial charge on any atom is -0.314 e. The number of non-ortho nitro benzene ring substituents is 1. The van der Waals surface area contributed by atoms with Crippen LogP contribution < -0.4 is 4.90 Å². The highest BCUT2D eigenvalue weighted by Crippen LogP contribution is 2.32. The molecule has 1 heterocycles. The maximum Gasteiger partial charge on any atom is 0.269 e. The van der Waals surface area contributed by atoms with Crippen molar-refractivity contribution in [2.75, 3.05) is 25.0 Å². The molecule has 0 radical (unpaired) electrons. The number of carbonyl (C=O) groups is 1. The first-order valence-electron chi connectivity index (χ1n) is 8.77. The summed E-state index contributed by atoms with van der Waals surface area (Å²) in [6.45, 7) is 3.32. The number of nitro groups is 1. The lowest BCUT2D eigenvalue weighted by Gasteiger charge is -2.27. The number of anilines is 1. The molecule has 0 bridgehead atoms. The van der Waals surface area contributed by atoms with Crippen LogP contribution in [0.3, 0.4) is 0 Å². The SMILES string of the molecule is Cc1cccc([C@H]2CCCN2CC(=O)N(C)c2ccc([N+](=O)[O-])cc2)c1. The van der Waals surface area contributed by atoms with E-state index in [1.807, 2.05) is 0 Å². The van der Waals surface area contributed by atoms with Gasteiger partial charge in [0.25, 0.3) is 5.69 Å². The predicted octanol–water partition coefficient (Wildman–Crippen LogP) is 3.70. The Morgan fingerprint density at radius 2 is 2.00 bits per heavy atom. The molecular formula is C20H23N3O3. The number of hydrogen-bond donors (Lipinski definition) is 0. The molecule has 1 fully saturated rings. The van der Waals surface area contributed by atoms with Crippen LogP contribution in [-0.2, 0) is 4.79 Å². The third kappa shape index (κ3) is 3.91. The average molecular weight is 353 g/mol. The van der Waals surface area contributed by atoms with Crippen molar-refractivity contribution in [2.45, 2.75) is 25.8 Å². The van der Waals surface area contributed by atoms with Gasteiger partial charge in [0.05, 0.1) is 11.5 Å². The van der Waals surface area contributed by atoms with Gasteiger partial charge in [-0.05, 0) is 44.0 Å². The van der Waals surface area contributed by atoms with E-state index in [1.54, 1.807) is 24.1 Å². The van der Waals surface area contributed by atoms with Crippen molar-refractivity contribution in [3.8, 4) is 0 Å². The molecule has 0 N–H and O–H groups in total. The minimum atomic E-state index is -0.442. The monoisotopic (exact) mass is 353 g/mol. The average Bonchev–Trinajstić information content (AvgIpc) is 3.09. The number of nitrogens with zero attached hydrogens (tertiary/aromatic N) is 3. The molecule has 3 rings (SSSR count). The van der Waals surface area contributed by atoms with E-state index in [4.69, 9.17) is 0 Å². The highest BCUT2D eigenvalue weighted by atomic mass is 16.6. The van der Waals surface area contributed by atoms with Crippen molar-refractivity contribution in [1.82, 2.24) is 4.90 Å². The van der Waals surface area contributed by atoms with Crippen LogP contribution in [0.25, 0.3) is 0 Å². The van der Waals surface area contributed by atoms with E-state index in [9.17, 15) is 14.9 Å². The highest BCUT2D eigenvalue weighted by molar-refractivity contribution is 5.94. The molecule has 1 amide bonds. The van der Waals surface area contributed by atoms with Crippen LogP contribution in [0.1, 0.15) is 30.0 Å². The van der Waals surface area contributed by atoms with E-state index in [0.29, 0.717) is 12.2 Å². The van der Waals surface area contributed by atoms with Crippen LogP contribution in [0.4, 0.5) is 11.4 Å². The number of hydrogen-bond acceptors (Lipinski definition) is 4. The van der Waals surface area contributed by atoms with E-state index in [-0.39, 0.29) is 17.6 Å². The quantitative estimate of drug-likeness (QED) is 0.607. The van der Waals surface area contributed by atoms with Gasteiger partial charge in [-0.2, -0.15) is 0 Å². The Bertz CT molecular complexity index is 804. The van der Waals surface area contributed by atoms with Gasteiger partial charge in [0.15, 0.2) is 0 Å². The van der Waals surface area contributed by atoms with Gasteiger partial charge in [-0.15, -0.1) is 0 Å². The van der Waals surface area contributed by atoms with Crippen LogP contribution in [0.2, 0.25) is 0 Å². The smallest absolute Gasteiger partial charge is 0.269 e. The third-order valence-corrected chi connectivity index (χ3v) is 4.95. The fourth-order valence-electron chi connectivity index (χ4n) is 3.49. The van der Waals surface area contributed by atoms with Crippen molar-refractivity contribution in [2.24, 2.45) is 0 Å². The van der Waals surface area contributed by atoms with Crippen LogP contribution in [0.5, 0.6) is 0 Å². The second-order valence-corrected chi connectivity index (χ2v) is 6.77. The number of rotatable bonds is 5. The van der Waals surface area contributed by atoms with Crippen molar-refractivity contribution in [3.05, 3.63) is 69.8 Å². The molecule has 1 aliphatic heterocycles. The number of nitro benzene ring substituents is 1. The standard InChI is InChI=1S/C20H23N3O3/c1-15-5-3-6-16(13-15)19-7-4-12-22(19)14-20(24)21(2)17-8-10-18(11-9-17)23(25)26/h3,5-6,8-11,13,19H,4,7,12,14H2,1-2H3/t19-/m1/s1. The molecule has 6 nitrogen and oxygen atoms in total. The van der Waals surface area contributed by atoms with E-state index in [0.717, 1.165) is 19.4 Å². The van der Waals surface area contributed by atoms with Gasteiger partial charge in [0, 0.05) is 30.9 Å².